The summed E-state index contributed by atoms with van der Waals surface area (Å²) in [5.41, 5.74) is 1.32. The normalized spacial score (nSPS) is 12.9. The van der Waals surface area contributed by atoms with Crippen LogP contribution in [0.4, 0.5) is 0 Å². The SMILES string of the molecule is CC(C)S(=O)(=O)CCSc1cccc(CNC(C)(C)C)c1. The van der Waals surface area contributed by atoms with E-state index in [1.54, 1.807) is 25.6 Å². The van der Waals surface area contributed by atoms with Crippen LogP contribution in [0.5, 0.6) is 0 Å². The van der Waals surface area contributed by atoms with Gasteiger partial charge in [-0.1, -0.05) is 12.1 Å². The Morgan fingerprint density at radius 2 is 1.90 bits per heavy atom. The lowest BCUT2D eigenvalue weighted by Gasteiger charge is -2.20. The predicted octanol–water partition coefficient (Wildman–Crippen LogP) is 3.49. The van der Waals surface area contributed by atoms with Crippen LogP contribution in [0, 0.1) is 0 Å². The molecule has 0 atom stereocenters. The third-order valence-corrected chi connectivity index (χ3v) is 6.54. The van der Waals surface area contributed by atoms with Crippen LogP contribution < -0.4 is 5.32 Å². The van der Waals surface area contributed by atoms with Crippen LogP contribution in [-0.4, -0.2) is 30.7 Å². The minimum atomic E-state index is -2.94. The van der Waals surface area contributed by atoms with E-state index in [4.69, 9.17) is 0 Å². The van der Waals surface area contributed by atoms with E-state index in [0.717, 1.165) is 11.4 Å². The highest BCUT2D eigenvalue weighted by Gasteiger charge is 2.15. The minimum Gasteiger partial charge on any atom is -0.308 e. The Kier molecular flexibility index (Phi) is 6.75. The van der Waals surface area contributed by atoms with Gasteiger partial charge in [0.25, 0.3) is 0 Å². The Balaban J connectivity index is 2.54. The molecule has 5 heteroatoms. The van der Waals surface area contributed by atoms with E-state index >= 15 is 0 Å². The standard InChI is InChI=1S/C16H27NO2S2/c1-13(2)21(18,19)10-9-20-15-8-6-7-14(11-15)12-17-16(3,4)5/h6-8,11,13,17H,9-10,12H2,1-5H3. The van der Waals surface area contributed by atoms with Gasteiger partial charge in [-0.05, 0) is 52.3 Å². The van der Waals surface area contributed by atoms with Crippen molar-refractivity contribution in [2.24, 2.45) is 0 Å². The van der Waals surface area contributed by atoms with Crippen molar-refractivity contribution < 1.29 is 8.42 Å². The summed E-state index contributed by atoms with van der Waals surface area (Å²) >= 11 is 1.61. The molecule has 0 aliphatic heterocycles. The molecule has 0 heterocycles. The summed E-state index contributed by atoms with van der Waals surface area (Å²) in [4.78, 5) is 1.13. The lowest BCUT2D eigenvalue weighted by Crippen LogP contribution is -2.35. The van der Waals surface area contributed by atoms with Gasteiger partial charge in [-0.3, -0.25) is 0 Å². The van der Waals surface area contributed by atoms with Crippen LogP contribution in [0.1, 0.15) is 40.2 Å². The Morgan fingerprint density at radius 3 is 2.48 bits per heavy atom. The fraction of sp³-hybridized carbons (Fsp3) is 0.625. The van der Waals surface area contributed by atoms with E-state index < -0.39 is 9.84 Å². The molecule has 120 valence electrons. The van der Waals surface area contributed by atoms with Gasteiger partial charge in [0.15, 0.2) is 9.84 Å². The molecule has 0 bridgehead atoms. The molecule has 0 fully saturated rings. The second kappa shape index (κ2) is 7.65. The Labute approximate surface area is 133 Å². The highest BCUT2D eigenvalue weighted by Crippen LogP contribution is 2.20. The van der Waals surface area contributed by atoms with E-state index in [9.17, 15) is 8.42 Å². The predicted molar refractivity (Wildman–Crippen MR) is 92.7 cm³/mol. The highest BCUT2D eigenvalue weighted by molar-refractivity contribution is 8.00. The lowest BCUT2D eigenvalue weighted by atomic mass is 10.1. The molecule has 1 aromatic rings. The van der Waals surface area contributed by atoms with Crippen LogP contribution in [0.3, 0.4) is 0 Å². The highest BCUT2D eigenvalue weighted by atomic mass is 32.2. The molecule has 21 heavy (non-hydrogen) atoms. The zero-order chi connectivity index (χ0) is 16.1. The molecule has 1 aromatic carbocycles. The molecular weight excluding hydrogens is 302 g/mol. The van der Waals surface area contributed by atoms with E-state index in [2.05, 4.69) is 38.2 Å². The fourth-order valence-electron chi connectivity index (χ4n) is 1.62. The average molecular weight is 330 g/mol. The summed E-state index contributed by atoms with van der Waals surface area (Å²) in [5.74, 6) is 0.844. The van der Waals surface area contributed by atoms with E-state index in [0.29, 0.717) is 5.75 Å². The van der Waals surface area contributed by atoms with Gasteiger partial charge in [0, 0.05) is 22.7 Å². The third-order valence-electron chi connectivity index (χ3n) is 3.08. The Hall–Kier alpha value is -0.520. The van der Waals surface area contributed by atoms with Crippen molar-refractivity contribution in [2.75, 3.05) is 11.5 Å². The molecule has 0 saturated carbocycles. The first-order valence-corrected chi connectivity index (χ1v) is 9.98. The quantitative estimate of drug-likeness (QED) is 0.778. The Bertz CT molecular complexity index is 546. The second-order valence-corrected chi connectivity index (χ2v) is 10.4. The minimum absolute atomic E-state index is 0.0918. The molecule has 1 rings (SSSR count). The van der Waals surface area contributed by atoms with Crippen LogP contribution >= 0.6 is 11.8 Å². The molecule has 0 unspecified atom stereocenters. The number of benzene rings is 1. The van der Waals surface area contributed by atoms with Crippen LogP contribution in [0.15, 0.2) is 29.2 Å². The van der Waals surface area contributed by atoms with Gasteiger partial charge in [0.1, 0.15) is 0 Å². The van der Waals surface area contributed by atoms with Crippen molar-refractivity contribution in [1.29, 1.82) is 0 Å². The largest absolute Gasteiger partial charge is 0.308 e. The Morgan fingerprint density at radius 1 is 1.24 bits per heavy atom. The molecule has 0 spiro atoms. The molecule has 0 saturated heterocycles. The number of hydrogen-bond acceptors (Lipinski definition) is 4. The number of sulfone groups is 1. The van der Waals surface area contributed by atoms with Gasteiger partial charge in [0.2, 0.25) is 0 Å². The first-order chi connectivity index (χ1) is 9.60. The van der Waals surface area contributed by atoms with Gasteiger partial charge in [-0.15, -0.1) is 11.8 Å². The maximum absolute atomic E-state index is 11.8. The third kappa shape index (κ3) is 7.34. The van der Waals surface area contributed by atoms with Crippen molar-refractivity contribution in [3.05, 3.63) is 29.8 Å². The van der Waals surface area contributed by atoms with Crippen LogP contribution in [0.25, 0.3) is 0 Å². The number of hydrogen-bond donors (Lipinski definition) is 1. The summed E-state index contributed by atoms with van der Waals surface area (Å²) in [5, 5.41) is 3.16. The van der Waals surface area contributed by atoms with E-state index in [1.165, 1.54) is 5.56 Å². The summed E-state index contributed by atoms with van der Waals surface area (Å²) in [6, 6.07) is 8.28. The summed E-state index contributed by atoms with van der Waals surface area (Å²) in [7, 11) is -2.94. The molecule has 0 aliphatic rings. The van der Waals surface area contributed by atoms with Crippen molar-refractivity contribution in [1.82, 2.24) is 5.32 Å². The van der Waals surface area contributed by atoms with Gasteiger partial charge in [-0.25, -0.2) is 8.42 Å². The fourth-order valence-corrected chi connectivity index (χ4v) is 4.00. The topological polar surface area (TPSA) is 46.2 Å². The van der Waals surface area contributed by atoms with Gasteiger partial charge < -0.3 is 5.32 Å². The molecule has 1 N–H and O–H groups in total. The first kappa shape index (κ1) is 18.5. The van der Waals surface area contributed by atoms with Crippen molar-refractivity contribution >= 4 is 21.6 Å². The maximum Gasteiger partial charge on any atom is 0.153 e. The summed E-state index contributed by atoms with van der Waals surface area (Å²) < 4.78 is 23.6. The monoisotopic (exact) mass is 329 g/mol. The lowest BCUT2D eigenvalue weighted by molar-refractivity contribution is 0.424. The number of thioether (sulfide) groups is 1. The zero-order valence-electron chi connectivity index (χ0n) is 13.6. The molecule has 0 aromatic heterocycles. The molecular formula is C16H27NO2S2. The first-order valence-electron chi connectivity index (χ1n) is 7.28. The van der Waals surface area contributed by atoms with Gasteiger partial charge in [0.05, 0.1) is 11.0 Å². The molecule has 0 aliphatic carbocycles. The van der Waals surface area contributed by atoms with Crippen molar-refractivity contribution in [2.45, 2.75) is 56.8 Å². The maximum atomic E-state index is 11.8. The molecule has 0 radical (unpaired) electrons. The van der Waals surface area contributed by atoms with E-state index in [-0.39, 0.29) is 16.5 Å². The zero-order valence-corrected chi connectivity index (χ0v) is 15.3. The van der Waals surface area contributed by atoms with Crippen LogP contribution in [-0.2, 0) is 16.4 Å². The van der Waals surface area contributed by atoms with Crippen molar-refractivity contribution in [3.8, 4) is 0 Å². The molecule has 0 amide bonds. The number of nitrogens with one attached hydrogen (secondary N) is 1. The van der Waals surface area contributed by atoms with Gasteiger partial charge in [-0.2, -0.15) is 0 Å². The second-order valence-electron chi connectivity index (χ2n) is 6.52. The molecule has 3 nitrogen and oxygen atoms in total. The van der Waals surface area contributed by atoms with Gasteiger partial charge >= 0.3 is 0 Å². The smallest absolute Gasteiger partial charge is 0.153 e. The number of rotatable bonds is 7. The van der Waals surface area contributed by atoms with Crippen LogP contribution in [0.2, 0.25) is 0 Å². The van der Waals surface area contributed by atoms with E-state index in [1.807, 2.05) is 12.1 Å². The summed E-state index contributed by atoms with van der Waals surface area (Å²) in [6.45, 7) is 10.7. The average Bonchev–Trinajstić information content (AvgIpc) is 2.36. The summed E-state index contributed by atoms with van der Waals surface area (Å²) in [6.07, 6.45) is 0. The van der Waals surface area contributed by atoms with Crippen molar-refractivity contribution in [3.63, 3.8) is 0 Å².